The van der Waals surface area contributed by atoms with Gasteiger partial charge in [0.1, 0.15) is 11.8 Å². The molecule has 0 aliphatic rings. The molecule has 0 amide bonds. The van der Waals surface area contributed by atoms with Crippen molar-refractivity contribution >= 4 is 5.69 Å². The summed E-state index contributed by atoms with van der Waals surface area (Å²) in [5.41, 5.74) is 1.34. The minimum absolute atomic E-state index is 0.119. The molecule has 0 atom stereocenters. The molecule has 1 rings (SSSR count). The monoisotopic (exact) mass is 191 g/mol. The van der Waals surface area contributed by atoms with Crippen LogP contribution in [0.4, 0.5) is 5.69 Å². The van der Waals surface area contributed by atoms with E-state index in [0.29, 0.717) is 12.2 Å². The Morgan fingerprint density at radius 1 is 1.57 bits per heavy atom. The van der Waals surface area contributed by atoms with Gasteiger partial charge in [0.15, 0.2) is 0 Å². The molecule has 0 bridgehead atoms. The number of nitriles is 1. The molecule has 74 valence electrons. The Hall–Kier alpha value is -1.60. The lowest BCUT2D eigenvalue weighted by Crippen LogP contribution is -2.26. The van der Waals surface area contributed by atoms with E-state index in [0.717, 1.165) is 12.2 Å². The number of aliphatic hydroxyl groups is 1. The lowest BCUT2D eigenvalue weighted by Gasteiger charge is -2.21. The molecule has 0 fully saturated rings. The summed E-state index contributed by atoms with van der Waals surface area (Å²) in [4.78, 5) is 5.96. The molecule has 4 heteroatoms. The van der Waals surface area contributed by atoms with Crippen molar-refractivity contribution in [2.75, 3.05) is 24.6 Å². The van der Waals surface area contributed by atoms with Crippen molar-refractivity contribution in [3.8, 4) is 6.07 Å². The Morgan fingerprint density at radius 3 is 2.79 bits per heavy atom. The Balaban J connectivity index is 2.79. The van der Waals surface area contributed by atoms with E-state index < -0.39 is 0 Å². The van der Waals surface area contributed by atoms with Crippen molar-refractivity contribution in [3.63, 3.8) is 0 Å². The summed E-state index contributed by atoms with van der Waals surface area (Å²) < 4.78 is 0. The van der Waals surface area contributed by atoms with Gasteiger partial charge in [0.05, 0.1) is 18.5 Å². The quantitative estimate of drug-likeness (QED) is 0.763. The number of aliphatic hydroxyl groups excluding tert-OH is 1. The molecular formula is C10H13N3O. The molecule has 0 saturated carbocycles. The smallest absolute Gasteiger partial charge is 0.140 e. The van der Waals surface area contributed by atoms with Crippen molar-refractivity contribution in [3.05, 3.63) is 24.0 Å². The first-order chi connectivity index (χ1) is 6.81. The Labute approximate surface area is 83.4 Å². The predicted octanol–water partition coefficient (Wildman–Crippen LogP) is 0.772. The van der Waals surface area contributed by atoms with Crippen LogP contribution in [0.3, 0.4) is 0 Å². The topological polar surface area (TPSA) is 60.1 Å². The van der Waals surface area contributed by atoms with E-state index in [1.807, 2.05) is 24.0 Å². The number of nitrogens with zero attached hydrogens (tertiary/aromatic N) is 3. The first kappa shape index (κ1) is 10.5. The van der Waals surface area contributed by atoms with E-state index in [9.17, 15) is 0 Å². The number of rotatable bonds is 4. The Kier molecular flexibility index (Phi) is 3.89. The second-order valence-corrected chi connectivity index (χ2v) is 2.82. The molecule has 1 aromatic heterocycles. The van der Waals surface area contributed by atoms with E-state index in [1.54, 1.807) is 12.3 Å². The first-order valence-corrected chi connectivity index (χ1v) is 4.53. The maximum atomic E-state index is 8.82. The molecule has 0 unspecified atom stereocenters. The van der Waals surface area contributed by atoms with Crippen LogP contribution in [0, 0.1) is 11.3 Å². The van der Waals surface area contributed by atoms with Crippen molar-refractivity contribution in [1.29, 1.82) is 5.26 Å². The van der Waals surface area contributed by atoms with Gasteiger partial charge < -0.3 is 10.0 Å². The van der Waals surface area contributed by atoms with Crippen LogP contribution in [0.1, 0.15) is 12.6 Å². The van der Waals surface area contributed by atoms with E-state index in [-0.39, 0.29) is 6.61 Å². The van der Waals surface area contributed by atoms with Gasteiger partial charge in [0.25, 0.3) is 0 Å². The molecule has 4 nitrogen and oxygen atoms in total. The van der Waals surface area contributed by atoms with Crippen LogP contribution in [0.2, 0.25) is 0 Å². The van der Waals surface area contributed by atoms with Crippen LogP contribution >= 0.6 is 0 Å². The van der Waals surface area contributed by atoms with Crippen LogP contribution in [0.25, 0.3) is 0 Å². The van der Waals surface area contributed by atoms with Crippen LogP contribution in [-0.4, -0.2) is 29.8 Å². The number of anilines is 1. The van der Waals surface area contributed by atoms with Gasteiger partial charge in [-0.2, -0.15) is 5.26 Å². The second-order valence-electron chi connectivity index (χ2n) is 2.82. The highest BCUT2D eigenvalue weighted by molar-refractivity contribution is 5.45. The summed E-state index contributed by atoms with van der Waals surface area (Å²) in [5, 5.41) is 17.4. The van der Waals surface area contributed by atoms with Gasteiger partial charge in [-0.1, -0.05) is 0 Å². The predicted molar refractivity (Wildman–Crippen MR) is 53.9 cm³/mol. The minimum atomic E-state index is 0.119. The fourth-order valence-corrected chi connectivity index (χ4v) is 1.23. The molecule has 0 aliphatic carbocycles. The third-order valence-corrected chi connectivity index (χ3v) is 1.98. The summed E-state index contributed by atoms with van der Waals surface area (Å²) in [6.07, 6.45) is 1.65. The fraction of sp³-hybridized carbons (Fsp3) is 0.400. The van der Waals surface area contributed by atoms with Gasteiger partial charge in [-0.15, -0.1) is 0 Å². The number of pyridine rings is 1. The van der Waals surface area contributed by atoms with Crippen LogP contribution in [0.5, 0.6) is 0 Å². The van der Waals surface area contributed by atoms with Crippen molar-refractivity contribution in [1.82, 2.24) is 4.98 Å². The van der Waals surface area contributed by atoms with Gasteiger partial charge >= 0.3 is 0 Å². The Morgan fingerprint density at radius 2 is 2.36 bits per heavy atom. The van der Waals surface area contributed by atoms with Gasteiger partial charge in [0.2, 0.25) is 0 Å². The summed E-state index contributed by atoms with van der Waals surface area (Å²) in [7, 11) is 0. The van der Waals surface area contributed by atoms with Crippen LogP contribution < -0.4 is 4.90 Å². The van der Waals surface area contributed by atoms with Crippen LogP contribution in [0.15, 0.2) is 18.3 Å². The molecule has 14 heavy (non-hydrogen) atoms. The molecule has 1 N–H and O–H groups in total. The molecule has 0 saturated heterocycles. The summed E-state index contributed by atoms with van der Waals surface area (Å²) in [5.74, 6) is 0. The van der Waals surface area contributed by atoms with Gasteiger partial charge in [-0.05, 0) is 19.1 Å². The highest BCUT2D eigenvalue weighted by atomic mass is 16.3. The lowest BCUT2D eigenvalue weighted by atomic mass is 10.3. The normalized spacial score (nSPS) is 9.50. The summed E-state index contributed by atoms with van der Waals surface area (Å²) in [6.45, 7) is 3.53. The molecule has 0 spiro atoms. The number of likely N-dealkylation sites (N-methyl/N-ethyl adjacent to an activating group) is 1. The summed E-state index contributed by atoms with van der Waals surface area (Å²) in [6, 6.07) is 5.48. The standard InChI is InChI=1S/C10H13N3O/c1-2-13(5-6-14)10-4-3-9(7-11)12-8-10/h3-4,8,14H,2,5-6H2,1H3. The largest absolute Gasteiger partial charge is 0.395 e. The van der Waals surface area contributed by atoms with Gasteiger partial charge in [-0.25, -0.2) is 4.98 Å². The number of aromatic nitrogens is 1. The third-order valence-electron chi connectivity index (χ3n) is 1.98. The van der Waals surface area contributed by atoms with E-state index in [1.165, 1.54) is 0 Å². The molecule has 0 radical (unpaired) electrons. The first-order valence-electron chi connectivity index (χ1n) is 4.53. The van der Waals surface area contributed by atoms with E-state index >= 15 is 0 Å². The second kappa shape index (κ2) is 5.20. The average molecular weight is 191 g/mol. The van der Waals surface area contributed by atoms with E-state index in [2.05, 4.69) is 4.98 Å². The lowest BCUT2D eigenvalue weighted by molar-refractivity contribution is 0.302. The van der Waals surface area contributed by atoms with Crippen molar-refractivity contribution < 1.29 is 5.11 Å². The number of hydrogen-bond acceptors (Lipinski definition) is 4. The zero-order valence-electron chi connectivity index (χ0n) is 8.14. The fourth-order valence-electron chi connectivity index (χ4n) is 1.23. The van der Waals surface area contributed by atoms with Crippen LogP contribution in [-0.2, 0) is 0 Å². The molecular weight excluding hydrogens is 178 g/mol. The zero-order valence-corrected chi connectivity index (χ0v) is 8.14. The molecule has 1 heterocycles. The van der Waals surface area contributed by atoms with E-state index in [4.69, 9.17) is 10.4 Å². The summed E-state index contributed by atoms with van der Waals surface area (Å²) >= 11 is 0. The van der Waals surface area contributed by atoms with Gasteiger partial charge in [0, 0.05) is 13.1 Å². The van der Waals surface area contributed by atoms with Crippen molar-refractivity contribution in [2.45, 2.75) is 6.92 Å². The average Bonchev–Trinajstić information content (AvgIpc) is 2.26. The van der Waals surface area contributed by atoms with Crippen molar-refractivity contribution in [2.24, 2.45) is 0 Å². The molecule has 0 aromatic carbocycles. The number of hydrogen-bond donors (Lipinski definition) is 1. The van der Waals surface area contributed by atoms with Gasteiger partial charge in [-0.3, -0.25) is 0 Å². The Bertz CT molecular complexity index is 315. The maximum Gasteiger partial charge on any atom is 0.140 e. The molecule has 1 aromatic rings. The third kappa shape index (κ3) is 2.44. The molecule has 0 aliphatic heterocycles. The maximum absolute atomic E-state index is 8.82. The minimum Gasteiger partial charge on any atom is -0.395 e. The SMILES string of the molecule is CCN(CCO)c1ccc(C#N)nc1. The highest BCUT2D eigenvalue weighted by Crippen LogP contribution is 2.11. The zero-order chi connectivity index (χ0) is 10.4. The highest BCUT2D eigenvalue weighted by Gasteiger charge is 2.03.